The van der Waals surface area contributed by atoms with E-state index in [1.54, 1.807) is 0 Å². The minimum atomic E-state index is -0.201. The van der Waals surface area contributed by atoms with Crippen LogP contribution in [0.4, 0.5) is 0 Å². The smallest absolute Gasteiger partial charge is 0.0833 e. The van der Waals surface area contributed by atoms with Crippen molar-refractivity contribution >= 4 is 0 Å². The van der Waals surface area contributed by atoms with Crippen LogP contribution in [0.2, 0.25) is 0 Å². The molecule has 2 rings (SSSR count). The number of rotatable bonds is 3. The quantitative estimate of drug-likeness (QED) is 0.743. The van der Waals surface area contributed by atoms with Crippen LogP contribution in [0.15, 0.2) is 30.3 Å². The zero-order valence-corrected chi connectivity index (χ0v) is 10.2. The summed E-state index contributed by atoms with van der Waals surface area (Å²) in [5.74, 6) is 0. The molecule has 1 heteroatoms. The summed E-state index contributed by atoms with van der Waals surface area (Å²) in [6.07, 6.45) is 4.46. The van der Waals surface area contributed by atoms with Crippen LogP contribution in [0.1, 0.15) is 45.1 Å². The Bertz CT molecular complexity index is 387. The average Bonchev–Trinajstić information content (AvgIpc) is 2.31. The fraction of sp³-hybridized carbons (Fsp3) is 0.533. The van der Waals surface area contributed by atoms with Crippen LogP contribution in [0.25, 0.3) is 0 Å². The molecule has 0 heterocycles. The van der Waals surface area contributed by atoms with Gasteiger partial charge in [-0.2, -0.15) is 5.26 Å². The van der Waals surface area contributed by atoms with Crippen molar-refractivity contribution in [3.8, 4) is 6.07 Å². The second kappa shape index (κ2) is 3.94. The molecular weight excluding hydrogens is 194 g/mol. The molecule has 1 aromatic carbocycles. The first kappa shape index (κ1) is 11.2. The lowest BCUT2D eigenvalue weighted by molar-refractivity contribution is 0.0480. The summed E-state index contributed by atoms with van der Waals surface area (Å²) < 4.78 is 0. The normalized spacial score (nSPS) is 20.8. The molecule has 1 aliphatic carbocycles. The van der Waals surface area contributed by atoms with Crippen molar-refractivity contribution in [3.05, 3.63) is 35.9 Å². The van der Waals surface area contributed by atoms with Gasteiger partial charge in [-0.15, -0.1) is 0 Å². The Kier molecular flexibility index (Phi) is 2.76. The predicted molar refractivity (Wildman–Crippen MR) is 66.0 cm³/mol. The van der Waals surface area contributed by atoms with Crippen molar-refractivity contribution in [2.45, 2.75) is 44.9 Å². The molecule has 1 fully saturated rings. The van der Waals surface area contributed by atoms with Crippen molar-refractivity contribution in [1.82, 2.24) is 0 Å². The molecular formula is C15H19N. The van der Waals surface area contributed by atoms with E-state index in [2.05, 4.69) is 32.0 Å². The number of hydrogen-bond acceptors (Lipinski definition) is 1. The Morgan fingerprint density at radius 1 is 1.12 bits per heavy atom. The lowest BCUT2D eigenvalue weighted by Gasteiger charge is -2.53. The van der Waals surface area contributed by atoms with Gasteiger partial charge < -0.3 is 0 Å². The average molecular weight is 213 g/mol. The number of hydrogen-bond donors (Lipinski definition) is 0. The monoisotopic (exact) mass is 213 g/mol. The molecule has 0 aliphatic heterocycles. The fourth-order valence-corrected chi connectivity index (χ4v) is 3.08. The molecule has 0 atom stereocenters. The second-order valence-electron chi connectivity index (χ2n) is 5.12. The summed E-state index contributed by atoms with van der Waals surface area (Å²) >= 11 is 0. The Morgan fingerprint density at radius 3 is 2.12 bits per heavy atom. The third-order valence-electron chi connectivity index (χ3n) is 4.39. The molecule has 16 heavy (non-hydrogen) atoms. The first-order valence-corrected chi connectivity index (χ1v) is 6.17. The van der Waals surface area contributed by atoms with Gasteiger partial charge in [-0.05, 0) is 23.8 Å². The summed E-state index contributed by atoms with van der Waals surface area (Å²) in [4.78, 5) is 0. The molecule has 1 aromatic rings. The van der Waals surface area contributed by atoms with Crippen molar-refractivity contribution in [3.63, 3.8) is 0 Å². The van der Waals surface area contributed by atoms with Gasteiger partial charge in [0.25, 0.3) is 0 Å². The Hall–Kier alpha value is -1.29. The van der Waals surface area contributed by atoms with Gasteiger partial charge in [-0.1, -0.05) is 57.0 Å². The Labute approximate surface area is 98.1 Å². The van der Waals surface area contributed by atoms with E-state index in [0.717, 1.165) is 12.8 Å². The highest BCUT2D eigenvalue weighted by molar-refractivity contribution is 5.37. The minimum Gasteiger partial charge on any atom is -0.197 e. The molecule has 1 saturated carbocycles. The highest BCUT2D eigenvalue weighted by atomic mass is 14.6. The minimum absolute atomic E-state index is 0.201. The van der Waals surface area contributed by atoms with Crippen molar-refractivity contribution in [1.29, 1.82) is 5.26 Å². The van der Waals surface area contributed by atoms with Crippen LogP contribution in [0, 0.1) is 16.7 Å². The number of nitrogens with zero attached hydrogens (tertiary/aromatic N) is 1. The maximum atomic E-state index is 9.46. The van der Waals surface area contributed by atoms with Crippen LogP contribution in [0.3, 0.4) is 0 Å². The van der Waals surface area contributed by atoms with Crippen LogP contribution in [0.5, 0.6) is 0 Å². The van der Waals surface area contributed by atoms with E-state index in [0.29, 0.717) is 5.41 Å². The van der Waals surface area contributed by atoms with E-state index in [4.69, 9.17) is 0 Å². The van der Waals surface area contributed by atoms with Gasteiger partial charge in [0.2, 0.25) is 0 Å². The first-order valence-electron chi connectivity index (χ1n) is 6.17. The van der Waals surface area contributed by atoms with Gasteiger partial charge in [-0.3, -0.25) is 0 Å². The Morgan fingerprint density at radius 2 is 1.69 bits per heavy atom. The summed E-state index contributed by atoms with van der Waals surface area (Å²) in [5.41, 5.74) is 1.42. The SMILES string of the molecule is CCC1(CC)CC(C#N)(c2ccccc2)C1. The van der Waals surface area contributed by atoms with Crippen LogP contribution in [-0.2, 0) is 5.41 Å². The lowest BCUT2D eigenvalue weighted by atomic mass is 9.49. The van der Waals surface area contributed by atoms with Gasteiger partial charge in [0.1, 0.15) is 0 Å². The third-order valence-corrected chi connectivity index (χ3v) is 4.39. The van der Waals surface area contributed by atoms with Gasteiger partial charge in [0, 0.05) is 0 Å². The van der Waals surface area contributed by atoms with Crippen LogP contribution in [-0.4, -0.2) is 0 Å². The molecule has 0 spiro atoms. The topological polar surface area (TPSA) is 23.8 Å². The summed E-state index contributed by atoms with van der Waals surface area (Å²) in [6, 6.07) is 12.8. The molecule has 1 nitrogen and oxygen atoms in total. The zero-order chi connectivity index (χ0) is 11.6. The highest BCUT2D eigenvalue weighted by Crippen LogP contribution is 2.58. The van der Waals surface area contributed by atoms with Crippen LogP contribution >= 0.6 is 0 Å². The van der Waals surface area contributed by atoms with E-state index in [1.165, 1.54) is 18.4 Å². The van der Waals surface area contributed by atoms with Gasteiger partial charge in [0.05, 0.1) is 11.5 Å². The van der Waals surface area contributed by atoms with E-state index in [9.17, 15) is 5.26 Å². The summed E-state index contributed by atoms with van der Waals surface area (Å²) in [6.45, 7) is 4.49. The zero-order valence-electron chi connectivity index (χ0n) is 10.2. The molecule has 0 aromatic heterocycles. The molecule has 0 saturated heterocycles. The summed E-state index contributed by atoms with van der Waals surface area (Å²) in [7, 11) is 0. The number of nitriles is 1. The van der Waals surface area contributed by atoms with Crippen molar-refractivity contribution in [2.24, 2.45) is 5.41 Å². The van der Waals surface area contributed by atoms with Gasteiger partial charge in [0.15, 0.2) is 0 Å². The molecule has 84 valence electrons. The second-order valence-corrected chi connectivity index (χ2v) is 5.12. The third kappa shape index (κ3) is 1.53. The lowest BCUT2D eigenvalue weighted by Crippen LogP contribution is -2.48. The predicted octanol–water partition coefficient (Wildman–Crippen LogP) is 4.05. The van der Waals surface area contributed by atoms with E-state index >= 15 is 0 Å². The van der Waals surface area contributed by atoms with Gasteiger partial charge >= 0.3 is 0 Å². The maximum Gasteiger partial charge on any atom is 0.0833 e. The van der Waals surface area contributed by atoms with Crippen LogP contribution < -0.4 is 0 Å². The van der Waals surface area contributed by atoms with E-state index in [1.807, 2.05) is 18.2 Å². The number of benzene rings is 1. The molecule has 0 amide bonds. The van der Waals surface area contributed by atoms with E-state index < -0.39 is 0 Å². The molecule has 0 bridgehead atoms. The van der Waals surface area contributed by atoms with E-state index in [-0.39, 0.29) is 5.41 Å². The van der Waals surface area contributed by atoms with Gasteiger partial charge in [-0.25, -0.2) is 0 Å². The maximum absolute atomic E-state index is 9.46. The molecule has 0 unspecified atom stereocenters. The summed E-state index contributed by atoms with van der Waals surface area (Å²) in [5, 5.41) is 9.46. The van der Waals surface area contributed by atoms with Crippen molar-refractivity contribution < 1.29 is 0 Å². The standard InChI is InChI=1S/C15H19N/c1-3-14(4-2)10-15(11-14,12-16)13-8-6-5-7-9-13/h5-9H,3-4,10-11H2,1-2H3. The molecule has 0 N–H and O–H groups in total. The largest absolute Gasteiger partial charge is 0.197 e. The first-order chi connectivity index (χ1) is 7.70. The fourth-order valence-electron chi connectivity index (χ4n) is 3.08. The highest BCUT2D eigenvalue weighted by Gasteiger charge is 2.53. The molecule has 0 radical (unpaired) electrons. The molecule has 1 aliphatic rings. The van der Waals surface area contributed by atoms with Crippen molar-refractivity contribution in [2.75, 3.05) is 0 Å². The Balaban J connectivity index is 2.25.